The molecule has 0 N–H and O–H groups in total. The molecule has 1 aliphatic heterocycles. The van der Waals surface area contributed by atoms with Crippen molar-refractivity contribution in [2.24, 2.45) is 5.92 Å². The largest absolute Gasteiger partial charge is 0.334 e. The molecular weight excluding hydrogens is 384 g/mol. The van der Waals surface area contributed by atoms with E-state index in [9.17, 15) is 22.4 Å². The molecule has 1 saturated heterocycles. The van der Waals surface area contributed by atoms with E-state index in [1.807, 2.05) is 7.05 Å². The minimum Gasteiger partial charge on any atom is -0.334 e. The first-order valence-corrected chi connectivity index (χ1v) is 9.66. The van der Waals surface area contributed by atoms with Crippen LogP contribution in [0, 0.1) is 29.2 Å². The summed E-state index contributed by atoms with van der Waals surface area (Å²) in [5, 5.41) is 0. The first-order chi connectivity index (χ1) is 13.8. The third kappa shape index (κ3) is 5.79. The Morgan fingerprint density at radius 2 is 1.41 bits per heavy atom. The molecule has 0 unspecified atom stereocenters. The highest BCUT2D eigenvalue weighted by Gasteiger charge is 2.24. The van der Waals surface area contributed by atoms with Gasteiger partial charge in [-0.2, -0.15) is 0 Å². The lowest BCUT2D eigenvalue weighted by Crippen LogP contribution is -2.35. The Bertz CT molecular complexity index is 812. The second-order valence-electron chi connectivity index (χ2n) is 7.67. The second kappa shape index (κ2) is 9.39. The van der Waals surface area contributed by atoms with Gasteiger partial charge in [0, 0.05) is 42.8 Å². The molecule has 0 aliphatic carbocycles. The minimum absolute atomic E-state index is 0.117. The fourth-order valence-electron chi connectivity index (χ4n) is 3.59. The number of carbonyl (C=O) groups excluding carboxylic acids is 1. The predicted molar refractivity (Wildman–Crippen MR) is 102 cm³/mol. The molecule has 29 heavy (non-hydrogen) atoms. The van der Waals surface area contributed by atoms with Crippen molar-refractivity contribution in [1.29, 1.82) is 0 Å². The monoisotopic (exact) mass is 408 g/mol. The molecule has 1 aliphatic rings. The molecule has 0 spiro atoms. The van der Waals surface area contributed by atoms with E-state index < -0.39 is 23.3 Å². The summed E-state index contributed by atoms with van der Waals surface area (Å²) < 4.78 is 54.7. The van der Waals surface area contributed by atoms with Crippen LogP contribution < -0.4 is 0 Å². The van der Waals surface area contributed by atoms with Crippen LogP contribution >= 0.6 is 0 Å². The van der Waals surface area contributed by atoms with E-state index in [2.05, 4.69) is 4.90 Å². The van der Waals surface area contributed by atoms with Crippen LogP contribution in [0.2, 0.25) is 0 Å². The summed E-state index contributed by atoms with van der Waals surface area (Å²) >= 11 is 0. The first-order valence-electron chi connectivity index (χ1n) is 9.66. The van der Waals surface area contributed by atoms with Gasteiger partial charge in [-0.15, -0.1) is 0 Å². The summed E-state index contributed by atoms with van der Waals surface area (Å²) in [5.74, 6) is -2.97. The number of piperidine rings is 1. The van der Waals surface area contributed by atoms with E-state index in [-0.39, 0.29) is 42.5 Å². The Labute approximate surface area is 167 Å². The lowest BCUT2D eigenvalue weighted by Gasteiger charge is -2.31. The predicted octanol–water partition coefficient (Wildman–Crippen LogP) is 4.50. The highest BCUT2D eigenvalue weighted by atomic mass is 19.1. The van der Waals surface area contributed by atoms with E-state index in [0.29, 0.717) is 0 Å². The first kappa shape index (κ1) is 21.3. The van der Waals surface area contributed by atoms with Gasteiger partial charge < -0.3 is 9.80 Å². The summed E-state index contributed by atoms with van der Waals surface area (Å²) in [7, 11) is 2.03. The smallest absolute Gasteiger partial charge is 0.223 e. The van der Waals surface area contributed by atoms with Crippen LogP contribution in [-0.4, -0.2) is 35.8 Å². The maximum absolute atomic E-state index is 14.1. The molecule has 0 bridgehead atoms. The van der Waals surface area contributed by atoms with Gasteiger partial charge in [0.25, 0.3) is 0 Å². The van der Waals surface area contributed by atoms with Gasteiger partial charge in [0.05, 0.1) is 0 Å². The van der Waals surface area contributed by atoms with Crippen molar-refractivity contribution < 1.29 is 22.4 Å². The van der Waals surface area contributed by atoms with Gasteiger partial charge in [-0.3, -0.25) is 4.79 Å². The van der Waals surface area contributed by atoms with Crippen molar-refractivity contribution in [2.45, 2.75) is 32.4 Å². The average Bonchev–Trinajstić information content (AvgIpc) is 2.66. The molecule has 3 rings (SSSR count). The van der Waals surface area contributed by atoms with Crippen molar-refractivity contribution in [1.82, 2.24) is 9.80 Å². The number of amides is 1. The molecule has 1 amide bonds. The van der Waals surface area contributed by atoms with Crippen LogP contribution in [0.1, 0.15) is 30.4 Å². The van der Waals surface area contributed by atoms with Gasteiger partial charge in [0.1, 0.15) is 23.3 Å². The highest BCUT2D eigenvalue weighted by molar-refractivity contribution is 5.76. The van der Waals surface area contributed by atoms with Crippen LogP contribution in [0.4, 0.5) is 17.6 Å². The number of rotatable bonds is 6. The molecule has 0 aromatic heterocycles. The number of nitrogens with zero attached hydrogens (tertiary/aromatic N) is 2. The second-order valence-corrected chi connectivity index (χ2v) is 7.67. The molecule has 2 aromatic rings. The van der Waals surface area contributed by atoms with Gasteiger partial charge in [-0.1, -0.05) is 12.1 Å². The molecule has 0 radical (unpaired) electrons. The van der Waals surface area contributed by atoms with Crippen molar-refractivity contribution in [3.63, 3.8) is 0 Å². The van der Waals surface area contributed by atoms with Crippen molar-refractivity contribution >= 4 is 5.91 Å². The number of carbonyl (C=O) groups is 1. The molecule has 156 valence electrons. The van der Waals surface area contributed by atoms with Crippen LogP contribution in [0.15, 0.2) is 36.4 Å². The zero-order valence-electron chi connectivity index (χ0n) is 16.3. The fraction of sp³-hybridized carbons (Fsp3) is 0.409. The highest BCUT2D eigenvalue weighted by Crippen LogP contribution is 2.23. The Morgan fingerprint density at radius 1 is 0.931 bits per heavy atom. The molecule has 1 fully saturated rings. The summed E-state index contributed by atoms with van der Waals surface area (Å²) in [4.78, 5) is 16.5. The van der Waals surface area contributed by atoms with Crippen LogP contribution in [-0.2, 0) is 17.9 Å². The van der Waals surface area contributed by atoms with Crippen molar-refractivity contribution in [3.05, 3.63) is 70.8 Å². The molecule has 7 heteroatoms. The number of halogens is 4. The lowest BCUT2D eigenvalue weighted by atomic mass is 9.93. The van der Waals surface area contributed by atoms with Gasteiger partial charge in [0.2, 0.25) is 5.91 Å². The molecule has 0 atom stereocenters. The number of hydrogen-bond donors (Lipinski definition) is 0. The molecule has 1 heterocycles. The normalized spacial score (nSPS) is 15.5. The third-order valence-electron chi connectivity index (χ3n) is 5.41. The van der Waals surface area contributed by atoms with Crippen molar-refractivity contribution in [2.75, 3.05) is 20.1 Å². The zero-order valence-corrected chi connectivity index (χ0v) is 16.3. The minimum atomic E-state index is -0.762. The molecular formula is C22H24F4N2O. The number of likely N-dealkylation sites (tertiary alicyclic amines) is 1. The van der Waals surface area contributed by atoms with E-state index in [1.54, 1.807) is 0 Å². The Kier molecular flexibility index (Phi) is 6.90. The summed E-state index contributed by atoms with van der Waals surface area (Å²) in [5.41, 5.74) is 0.288. The van der Waals surface area contributed by atoms with Gasteiger partial charge in [0.15, 0.2) is 0 Å². The van der Waals surface area contributed by atoms with Crippen LogP contribution in [0.3, 0.4) is 0 Å². The van der Waals surface area contributed by atoms with Crippen LogP contribution in [0.25, 0.3) is 0 Å². The average molecular weight is 408 g/mol. The Hall–Kier alpha value is -2.41. The Morgan fingerprint density at radius 3 is 1.86 bits per heavy atom. The summed E-state index contributed by atoms with van der Waals surface area (Å²) in [6.07, 6.45) is 2.04. The standard InChI is InChI=1S/C22H24F4N2O/c1-27-8-6-15(7-9-27)10-22(29)28(13-16-2-4-18(23)11-20(16)25)14-17-3-5-19(24)12-21(17)26/h2-5,11-12,15H,6-10,13-14H2,1H3. The van der Waals surface area contributed by atoms with Gasteiger partial charge in [-0.25, -0.2) is 17.6 Å². The van der Waals surface area contributed by atoms with Crippen LogP contribution in [0.5, 0.6) is 0 Å². The van der Waals surface area contributed by atoms with Gasteiger partial charge >= 0.3 is 0 Å². The summed E-state index contributed by atoms with van der Waals surface area (Å²) in [6.45, 7) is 1.57. The van der Waals surface area contributed by atoms with E-state index in [0.717, 1.165) is 50.2 Å². The van der Waals surface area contributed by atoms with E-state index in [4.69, 9.17) is 0 Å². The Balaban J connectivity index is 1.78. The number of hydrogen-bond acceptors (Lipinski definition) is 2. The topological polar surface area (TPSA) is 23.6 Å². The third-order valence-corrected chi connectivity index (χ3v) is 5.41. The lowest BCUT2D eigenvalue weighted by molar-refractivity contribution is -0.133. The fourth-order valence-corrected chi connectivity index (χ4v) is 3.59. The number of benzene rings is 2. The summed E-state index contributed by atoms with van der Waals surface area (Å²) in [6, 6.07) is 6.32. The molecule has 2 aromatic carbocycles. The SMILES string of the molecule is CN1CCC(CC(=O)N(Cc2ccc(F)cc2F)Cc2ccc(F)cc2F)CC1. The maximum atomic E-state index is 14.1. The molecule has 3 nitrogen and oxygen atoms in total. The van der Waals surface area contributed by atoms with Crippen molar-refractivity contribution in [3.8, 4) is 0 Å². The van der Waals surface area contributed by atoms with Gasteiger partial charge in [-0.05, 0) is 51.0 Å². The van der Waals surface area contributed by atoms with E-state index in [1.165, 1.54) is 17.0 Å². The van der Waals surface area contributed by atoms with E-state index >= 15 is 0 Å². The maximum Gasteiger partial charge on any atom is 0.223 e. The quantitative estimate of drug-likeness (QED) is 0.657. The zero-order chi connectivity index (χ0) is 21.0. The molecule has 0 saturated carbocycles.